The van der Waals surface area contributed by atoms with Crippen LogP contribution in [0.15, 0.2) is 36.4 Å². The largest absolute Gasteiger partial charge is 0.497 e. The molecule has 5 heteroatoms. The Morgan fingerprint density at radius 2 is 1.65 bits per heavy atom. The topological polar surface area (TPSA) is 26.3 Å². The summed E-state index contributed by atoms with van der Waals surface area (Å²) in [5.41, 5.74) is 0.166. The van der Waals surface area contributed by atoms with Crippen molar-refractivity contribution in [2.45, 2.75) is 6.42 Å². The second kappa shape index (κ2) is 5.77. The summed E-state index contributed by atoms with van der Waals surface area (Å²) in [5, 5.41) is 0. The molecule has 0 atom stereocenters. The Labute approximate surface area is 113 Å². The Bertz CT molecular complexity index is 636. The van der Waals surface area contributed by atoms with Crippen LogP contribution in [0, 0.1) is 17.5 Å². The maximum absolute atomic E-state index is 13.5. The number of ether oxygens (including phenoxy) is 1. The number of hydrogen-bond donors (Lipinski definition) is 0. The highest BCUT2D eigenvalue weighted by Crippen LogP contribution is 2.18. The van der Waals surface area contributed by atoms with Crippen molar-refractivity contribution in [3.63, 3.8) is 0 Å². The second-order valence-corrected chi connectivity index (χ2v) is 4.17. The van der Waals surface area contributed by atoms with Crippen molar-refractivity contribution in [1.82, 2.24) is 0 Å². The van der Waals surface area contributed by atoms with E-state index in [1.165, 1.54) is 7.11 Å². The molecule has 0 saturated heterocycles. The fraction of sp³-hybridized carbons (Fsp3) is 0.133. The molecule has 2 aromatic carbocycles. The van der Waals surface area contributed by atoms with Gasteiger partial charge in [-0.25, -0.2) is 13.2 Å². The monoisotopic (exact) mass is 280 g/mol. The molecule has 0 fully saturated rings. The number of carbonyl (C=O) groups excluding carboxylic acids is 1. The maximum Gasteiger partial charge on any atom is 0.195 e. The molecule has 0 aromatic heterocycles. The molecule has 0 saturated carbocycles. The van der Waals surface area contributed by atoms with Crippen LogP contribution in [-0.4, -0.2) is 12.9 Å². The fourth-order valence-electron chi connectivity index (χ4n) is 1.77. The first-order chi connectivity index (χ1) is 9.52. The van der Waals surface area contributed by atoms with E-state index >= 15 is 0 Å². The molecule has 0 spiro atoms. The van der Waals surface area contributed by atoms with Crippen LogP contribution >= 0.6 is 0 Å². The molecular weight excluding hydrogens is 269 g/mol. The average molecular weight is 280 g/mol. The van der Waals surface area contributed by atoms with E-state index in [1.54, 1.807) is 24.3 Å². The van der Waals surface area contributed by atoms with Gasteiger partial charge in [-0.2, -0.15) is 0 Å². The lowest BCUT2D eigenvalue weighted by Gasteiger charge is -2.05. The van der Waals surface area contributed by atoms with Gasteiger partial charge in [0, 0.05) is 6.42 Å². The molecule has 20 heavy (non-hydrogen) atoms. The number of carbonyl (C=O) groups is 1. The highest BCUT2D eigenvalue weighted by atomic mass is 19.2. The molecule has 0 bridgehead atoms. The Morgan fingerprint density at radius 3 is 2.25 bits per heavy atom. The van der Waals surface area contributed by atoms with Crippen LogP contribution in [0.5, 0.6) is 5.75 Å². The van der Waals surface area contributed by atoms with Crippen LogP contribution in [-0.2, 0) is 6.42 Å². The predicted molar refractivity (Wildman–Crippen MR) is 67.3 cm³/mol. The van der Waals surface area contributed by atoms with Crippen LogP contribution in [0.1, 0.15) is 15.9 Å². The molecule has 2 rings (SSSR count). The minimum atomic E-state index is -1.63. The number of ketones is 1. The molecular formula is C15H11F3O2. The third-order valence-electron chi connectivity index (χ3n) is 2.86. The van der Waals surface area contributed by atoms with Gasteiger partial charge in [0.15, 0.2) is 23.2 Å². The van der Waals surface area contributed by atoms with E-state index in [0.29, 0.717) is 11.3 Å². The van der Waals surface area contributed by atoms with Gasteiger partial charge in [0.25, 0.3) is 0 Å². The SMILES string of the molecule is COc1ccc(CC(=O)c2ccc(F)c(F)c2F)cc1. The van der Waals surface area contributed by atoms with E-state index in [4.69, 9.17) is 4.74 Å². The normalized spacial score (nSPS) is 10.4. The third kappa shape index (κ3) is 2.82. The number of rotatable bonds is 4. The molecule has 0 aliphatic heterocycles. The zero-order chi connectivity index (χ0) is 14.7. The number of methoxy groups -OCH3 is 1. The fourth-order valence-corrected chi connectivity index (χ4v) is 1.77. The summed E-state index contributed by atoms with van der Waals surface area (Å²) >= 11 is 0. The van der Waals surface area contributed by atoms with Crippen LogP contribution in [0.25, 0.3) is 0 Å². The van der Waals surface area contributed by atoms with E-state index in [-0.39, 0.29) is 6.42 Å². The first kappa shape index (κ1) is 14.1. The molecule has 0 heterocycles. The lowest BCUT2D eigenvalue weighted by Crippen LogP contribution is -2.08. The molecule has 0 aliphatic carbocycles. The van der Waals surface area contributed by atoms with E-state index in [1.807, 2.05) is 0 Å². The lowest BCUT2D eigenvalue weighted by molar-refractivity contribution is 0.0988. The summed E-state index contributed by atoms with van der Waals surface area (Å²) < 4.78 is 44.3. The van der Waals surface area contributed by atoms with E-state index in [2.05, 4.69) is 0 Å². The number of benzene rings is 2. The standard InChI is InChI=1S/C15H11F3O2/c1-20-10-4-2-9(3-5-10)8-13(19)11-6-7-12(16)15(18)14(11)17/h2-7H,8H2,1H3. The van der Waals surface area contributed by atoms with Crippen molar-refractivity contribution in [3.05, 3.63) is 65.0 Å². The van der Waals surface area contributed by atoms with E-state index < -0.39 is 28.8 Å². The summed E-state index contributed by atoms with van der Waals surface area (Å²) in [4.78, 5) is 11.9. The quantitative estimate of drug-likeness (QED) is 0.632. The smallest absolute Gasteiger partial charge is 0.195 e. The van der Waals surface area contributed by atoms with Crippen molar-refractivity contribution in [2.75, 3.05) is 7.11 Å². The van der Waals surface area contributed by atoms with Gasteiger partial charge in [-0.3, -0.25) is 4.79 Å². The van der Waals surface area contributed by atoms with Gasteiger partial charge in [0.2, 0.25) is 0 Å². The Balaban J connectivity index is 2.21. The summed E-state index contributed by atoms with van der Waals surface area (Å²) in [6.45, 7) is 0. The minimum Gasteiger partial charge on any atom is -0.497 e. The molecule has 104 valence electrons. The average Bonchev–Trinajstić information content (AvgIpc) is 2.45. The number of hydrogen-bond acceptors (Lipinski definition) is 2. The van der Waals surface area contributed by atoms with Crippen molar-refractivity contribution in [2.24, 2.45) is 0 Å². The van der Waals surface area contributed by atoms with Gasteiger partial charge in [-0.05, 0) is 29.8 Å². The van der Waals surface area contributed by atoms with Gasteiger partial charge in [0.05, 0.1) is 12.7 Å². The van der Waals surface area contributed by atoms with Crippen molar-refractivity contribution >= 4 is 5.78 Å². The highest BCUT2D eigenvalue weighted by molar-refractivity contribution is 5.97. The second-order valence-electron chi connectivity index (χ2n) is 4.17. The first-order valence-corrected chi connectivity index (χ1v) is 5.82. The summed E-state index contributed by atoms with van der Waals surface area (Å²) in [7, 11) is 1.51. The predicted octanol–water partition coefficient (Wildman–Crippen LogP) is 3.54. The zero-order valence-electron chi connectivity index (χ0n) is 10.6. The van der Waals surface area contributed by atoms with Crippen LogP contribution < -0.4 is 4.74 Å². The third-order valence-corrected chi connectivity index (χ3v) is 2.86. The summed E-state index contributed by atoms with van der Waals surface area (Å²) in [6, 6.07) is 8.29. The van der Waals surface area contributed by atoms with Gasteiger partial charge < -0.3 is 4.74 Å². The molecule has 0 radical (unpaired) electrons. The summed E-state index contributed by atoms with van der Waals surface area (Å²) in [5.74, 6) is -4.40. The zero-order valence-corrected chi connectivity index (χ0v) is 10.6. The minimum absolute atomic E-state index is 0.105. The van der Waals surface area contributed by atoms with E-state index in [9.17, 15) is 18.0 Å². The Hall–Kier alpha value is -2.30. The van der Waals surface area contributed by atoms with Gasteiger partial charge in [-0.1, -0.05) is 12.1 Å². The lowest BCUT2D eigenvalue weighted by atomic mass is 10.0. The Morgan fingerprint density at radius 1 is 1.00 bits per heavy atom. The van der Waals surface area contributed by atoms with Crippen LogP contribution in [0.2, 0.25) is 0 Å². The molecule has 2 aromatic rings. The molecule has 0 unspecified atom stereocenters. The number of halogens is 3. The highest BCUT2D eigenvalue weighted by Gasteiger charge is 2.18. The molecule has 2 nitrogen and oxygen atoms in total. The molecule has 0 N–H and O–H groups in total. The van der Waals surface area contributed by atoms with Gasteiger partial charge in [-0.15, -0.1) is 0 Å². The van der Waals surface area contributed by atoms with Crippen molar-refractivity contribution in [3.8, 4) is 5.75 Å². The van der Waals surface area contributed by atoms with Crippen LogP contribution in [0.3, 0.4) is 0 Å². The molecule has 0 aliphatic rings. The summed E-state index contributed by atoms with van der Waals surface area (Å²) in [6.07, 6.45) is -0.105. The van der Waals surface area contributed by atoms with Crippen LogP contribution in [0.4, 0.5) is 13.2 Å². The molecule has 0 amide bonds. The maximum atomic E-state index is 13.5. The van der Waals surface area contributed by atoms with Gasteiger partial charge in [0.1, 0.15) is 5.75 Å². The van der Waals surface area contributed by atoms with Crippen molar-refractivity contribution < 1.29 is 22.7 Å². The van der Waals surface area contributed by atoms with E-state index in [0.717, 1.165) is 12.1 Å². The van der Waals surface area contributed by atoms with Gasteiger partial charge >= 0.3 is 0 Å². The van der Waals surface area contributed by atoms with Crippen molar-refractivity contribution in [1.29, 1.82) is 0 Å². The number of Topliss-reactive ketones (excluding diaryl/α,β-unsaturated/α-hetero) is 1. The first-order valence-electron chi connectivity index (χ1n) is 5.82. The Kier molecular flexibility index (Phi) is 4.08.